The number of rotatable bonds is 0. The molecule has 5 heteroatoms. The molecule has 2 atom stereocenters. The van der Waals surface area contributed by atoms with E-state index < -0.39 is 18.3 Å². The second-order valence-electron chi connectivity index (χ2n) is 2.32. The molecule has 60 valence electrons. The minimum absolute atomic E-state index is 0.176. The van der Waals surface area contributed by atoms with Gasteiger partial charge in [-0.1, -0.05) is 0 Å². The predicted octanol–water partition coefficient (Wildman–Crippen LogP) is 1.11. The molecule has 0 saturated carbocycles. The fourth-order valence-electron chi connectivity index (χ4n) is 0.968. The molecule has 0 aromatic rings. The maximum atomic E-state index is 12.3. The Morgan fingerprint density at radius 2 is 1.80 bits per heavy atom. The third-order valence-electron chi connectivity index (χ3n) is 1.56. The van der Waals surface area contributed by atoms with Crippen LogP contribution in [-0.4, -0.2) is 25.4 Å². The van der Waals surface area contributed by atoms with E-state index in [9.17, 15) is 17.6 Å². The molecular weight excluding hydrogens is 150 g/mol. The van der Waals surface area contributed by atoms with E-state index in [1.165, 1.54) is 0 Å². The van der Waals surface area contributed by atoms with Crippen molar-refractivity contribution in [2.45, 2.75) is 12.3 Å². The minimum atomic E-state index is -4.39. The summed E-state index contributed by atoms with van der Waals surface area (Å²) < 4.78 is 47.5. The lowest BCUT2D eigenvalue weighted by Gasteiger charge is -2.14. The van der Waals surface area contributed by atoms with Crippen LogP contribution in [0.25, 0.3) is 0 Å². The Morgan fingerprint density at radius 1 is 1.20 bits per heavy atom. The van der Waals surface area contributed by atoms with Gasteiger partial charge < -0.3 is 5.32 Å². The number of alkyl halides is 4. The highest BCUT2D eigenvalue weighted by molar-refractivity contribution is 4.85. The van der Waals surface area contributed by atoms with Crippen LogP contribution in [0, 0.1) is 5.92 Å². The number of hydrogen-bond donors (Lipinski definition) is 1. The molecule has 1 aliphatic heterocycles. The fraction of sp³-hybridized carbons (Fsp3) is 1.00. The molecule has 1 rings (SSSR count). The van der Waals surface area contributed by atoms with E-state index in [1.54, 1.807) is 0 Å². The summed E-state index contributed by atoms with van der Waals surface area (Å²) >= 11 is 0. The van der Waals surface area contributed by atoms with E-state index in [1.807, 2.05) is 0 Å². The molecule has 1 aliphatic rings. The molecule has 0 radical (unpaired) electrons. The topological polar surface area (TPSA) is 12.0 Å². The summed E-state index contributed by atoms with van der Waals surface area (Å²) in [6, 6.07) is 0. The van der Waals surface area contributed by atoms with Crippen molar-refractivity contribution in [3.63, 3.8) is 0 Å². The summed E-state index contributed by atoms with van der Waals surface area (Å²) in [7, 11) is 0. The lowest BCUT2D eigenvalue weighted by molar-refractivity contribution is -0.180. The summed E-state index contributed by atoms with van der Waals surface area (Å²) in [5.41, 5.74) is 0. The van der Waals surface area contributed by atoms with Crippen LogP contribution < -0.4 is 5.32 Å². The van der Waals surface area contributed by atoms with Crippen LogP contribution in [0.2, 0.25) is 0 Å². The quantitative estimate of drug-likeness (QED) is 0.519. The van der Waals surface area contributed by atoms with E-state index in [0.29, 0.717) is 0 Å². The molecule has 0 bridgehead atoms. The SMILES string of the molecule is F[C@@H]1CNC[C@H]1C(F)(F)F. The van der Waals surface area contributed by atoms with Gasteiger partial charge in [0.05, 0.1) is 5.92 Å². The Kier molecular flexibility index (Phi) is 1.85. The maximum absolute atomic E-state index is 12.3. The van der Waals surface area contributed by atoms with Gasteiger partial charge in [0.2, 0.25) is 0 Å². The molecule has 0 spiro atoms. The Hall–Kier alpha value is -0.320. The lowest BCUT2D eigenvalue weighted by Crippen LogP contribution is -2.30. The lowest BCUT2D eigenvalue weighted by atomic mass is 10.1. The average Bonchev–Trinajstić information content (AvgIpc) is 2.11. The van der Waals surface area contributed by atoms with Crippen molar-refractivity contribution < 1.29 is 17.6 Å². The average molecular weight is 157 g/mol. The smallest absolute Gasteiger partial charge is 0.313 e. The molecule has 1 N–H and O–H groups in total. The zero-order chi connectivity index (χ0) is 7.78. The first kappa shape index (κ1) is 7.78. The van der Waals surface area contributed by atoms with Gasteiger partial charge in [0.1, 0.15) is 6.17 Å². The van der Waals surface area contributed by atoms with Crippen LogP contribution in [0.5, 0.6) is 0 Å². The maximum Gasteiger partial charge on any atom is 0.395 e. The van der Waals surface area contributed by atoms with Gasteiger partial charge in [0, 0.05) is 13.1 Å². The van der Waals surface area contributed by atoms with E-state index in [0.717, 1.165) is 0 Å². The predicted molar refractivity (Wildman–Crippen MR) is 27.3 cm³/mol. The second-order valence-corrected chi connectivity index (χ2v) is 2.32. The van der Waals surface area contributed by atoms with Crippen molar-refractivity contribution in [3.8, 4) is 0 Å². The van der Waals surface area contributed by atoms with Crippen molar-refractivity contribution in [1.29, 1.82) is 0 Å². The largest absolute Gasteiger partial charge is 0.395 e. The van der Waals surface area contributed by atoms with Gasteiger partial charge in [-0.3, -0.25) is 0 Å². The summed E-state index contributed by atoms with van der Waals surface area (Å²) in [5.74, 6) is -1.80. The first-order valence-electron chi connectivity index (χ1n) is 2.93. The van der Waals surface area contributed by atoms with E-state index in [-0.39, 0.29) is 13.1 Å². The molecule has 1 saturated heterocycles. The highest BCUT2D eigenvalue weighted by Crippen LogP contribution is 2.31. The van der Waals surface area contributed by atoms with Crippen molar-refractivity contribution in [2.75, 3.05) is 13.1 Å². The van der Waals surface area contributed by atoms with Crippen molar-refractivity contribution in [2.24, 2.45) is 5.92 Å². The summed E-state index contributed by atoms with van der Waals surface area (Å²) in [6.45, 7) is -0.463. The van der Waals surface area contributed by atoms with Crippen LogP contribution in [0.4, 0.5) is 17.6 Å². The second kappa shape index (κ2) is 2.38. The normalized spacial score (nSPS) is 34.8. The molecule has 1 heterocycles. The van der Waals surface area contributed by atoms with Crippen molar-refractivity contribution >= 4 is 0 Å². The summed E-state index contributed by atoms with van der Waals surface area (Å²) in [4.78, 5) is 0. The van der Waals surface area contributed by atoms with E-state index in [4.69, 9.17) is 0 Å². The van der Waals surface area contributed by atoms with Gasteiger partial charge in [-0.15, -0.1) is 0 Å². The number of halogens is 4. The molecule has 0 aliphatic carbocycles. The van der Waals surface area contributed by atoms with Gasteiger partial charge in [0.15, 0.2) is 0 Å². The zero-order valence-electron chi connectivity index (χ0n) is 5.08. The molecule has 0 aromatic heterocycles. The van der Waals surface area contributed by atoms with Crippen LogP contribution in [0.1, 0.15) is 0 Å². The first-order chi connectivity index (χ1) is 4.52. The van der Waals surface area contributed by atoms with E-state index in [2.05, 4.69) is 5.32 Å². The Bertz CT molecular complexity index is 121. The van der Waals surface area contributed by atoms with Crippen LogP contribution in [0.15, 0.2) is 0 Å². The Morgan fingerprint density at radius 3 is 2.00 bits per heavy atom. The van der Waals surface area contributed by atoms with Gasteiger partial charge in [-0.2, -0.15) is 13.2 Å². The molecule has 1 fully saturated rings. The van der Waals surface area contributed by atoms with Crippen molar-refractivity contribution in [3.05, 3.63) is 0 Å². The molecule has 0 aromatic carbocycles. The fourth-order valence-corrected chi connectivity index (χ4v) is 0.968. The van der Waals surface area contributed by atoms with Gasteiger partial charge in [0.25, 0.3) is 0 Å². The van der Waals surface area contributed by atoms with Crippen LogP contribution >= 0.6 is 0 Å². The van der Waals surface area contributed by atoms with Gasteiger partial charge >= 0.3 is 6.18 Å². The zero-order valence-corrected chi connectivity index (χ0v) is 5.08. The first-order valence-corrected chi connectivity index (χ1v) is 2.93. The van der Waals surface area contributed by atoms with Crippen molar-refractivity contribution in [1.82, 2.24) is 5.32 Å². The monoisotopic (exact) mass is 157 g/mol. The molecule has 10 heavy (non-hydrogen) atoms. The van der Waals surface area contributed by atoms with Crippen LogP contribution in [0.3, 0.4) is 0 Å². The Balaban J connectivity index is 2.55. The molecular formula is C5H7F4N. The standard InChI is InChI=1S/C5H7F4N/c6-4-2-10-1-3(4)5(7,8)9/h3-4,10H,1-2H2/t3-,4-/m1/s1. The number of hydrogen-bond acceptors (Lipinski definition) is 1. The molecule has 1 nitrogen and oxygen atoms in total. The van der Waals surface area contributed by atoms with E-state index >= 15 is 0 Å². The van der Waals surface area contributed by atoms with Gasteiger partial charge in [-0.05, 0) is 0 Å². The summed E-state index contributed by atoms with van der Waals surface area (Å²) in [5, 5.41) is 2.33. The van der Waals surface area contributed by atoms with Crippen LogP contribution in [-0.2, 0) is 0 Å². The highest BCUT2D eigenvalue weighted by Gasteiger charge is 2.47. The summed E-state index contributed by atoms with van der Waals surface area (Å²) in [6.07, 6.45) is -6.15. The third-order valence-corrected chi connectivity index (χ3v) is 1.56. The molecule has 0 amide bonds. The minimum Gasteiger partial charge on any atom is -0.313 e. The molecule has 0 unspecified atom stereocenters. The third kappa shape index (κ3) is 1.39. The number of nitrogens with one attached hydrogen (secondary N) is 1. The van der Waals surface area contributed by atoms with Gasteiger partial charge in [-0.25, -0.2) is 4.39 Å². The highest BCUT2D eigenvalue weighted by atomic mass is 19.4. The Labute approximate surface area is 55.4 Å².